The van der Waals surface area contributed by atoms with Crippen LogP contribution < -0.4 is 11.1 Å². The molecule has 6 nitrogen and oxygen atoms in total. The van der Waals surface area contributed by atoms with Gasteiger partial charge in [-0.2, -0.15) is 8.78 Å². The quantitative estimate of drug-likeness (QED) is 0.697. The van der Waals surface area contributed by atoms with Crippen molar-refractivity contribution in [1.82, 2.24) is 15.3 Å². The number of carbonyl (C=O) groups is 1. The molecule has 0 bridgehead atoms. The number of halogens is 3. The number of nitrogens with one attached hydrogen (secondary N) is 1. The first-order valence-corrected chi connectivity index (χ1v) is 7.40. The molecule has 0 saturated heterocycles. The fourth-order valence-corrected chi connectivity index (χ4v) is 2.16. The van der Waals surface area contributed by atoms with E-state index in [4.69, 9.17) is 5.73 Å². The van der Waals surface area contributed by atoms with Crippen molar-refractivity contribution >= 4 is 5.91 Å². The summed E-state index contributed by atoms with van der Waals surface area (Å²) in [7, 11) is 0. The summed E-state index contributed by atoms with van der Waals surface area (Å²) in [5.74, 6) is -1.13. The normalized spacial score (nSPS) is 13.5. The lowest BCUT2D eigenvalue weighted by Gasteiger charge is -2.21. The van der Waals surface area contributed by atoms with Gasteiger partial charge in [-0.1, -0.05) is 24.3 Å². The molecule has 0 fully saturated rings. The van der Waals surface area contributed by atoms with Crippen LogP contribution in [0.25, 0.3) is 11.1 Å². The summed E-state index contributed by atoms with van der Waals surface area (Å²) in [6.07, 6.45) is -1.56. The molecule has 0 aliphatic carbocycles. The van der Waals surface area contributed by atoms with Crippen LogP contribution in [0.5, 0.6) is 0 Å². The highest BCUT2D eigenvalue weighted by atomic mass is 19.3. The maximum Gasteiger partial charge on any atom is 0.315 e. The van der Waals surface area contributed by atoms with Gasteiger partial charge in [0.05, 0.1) is 12.6 Å². The third kappa shape index (κ3) is 4.74. The Labute approximate surface area is 141 Å². The van der Waals surface area contributed by atoms with E-state index in [0.717, 1.165) is 5.56 Å². The summed E-state index contributed by atoms with van der Waals surface area (Å²) in [6.45, 7) is -0.962. The van der Waals surface area contributed by atoms with Crippen LogP contribution in [0.2, 0.25) is 0 Å². The van der Waals surface area contributed by atoms with Gasteiger partial charge in [0, 0.05) is 18.0 Å². The van der Waals surface area contributed by atoms with Gasteiger partial charge >= 0.3 is 6.43 Å². The molecule has 134 valence electrons. The second kappa shape index (κ2) is 8.54. The van der Waals surface area contributed by atoms with Gasteiger partial charge in [-0.25, -0.2) is 14.4 Å². The Hall–Kier alpha value is -2.52. The molecular formula is C16H17F3N4O2. The zero-order chi connectivity index (χ0) is 18.4. The highest BCUT2D eigenvalue weighted by molar-refractivity contribution is 5.79. The van der Waals surface area contributed by atoms with E-state index in [1.807, 2.05) is 0 Å². The van der Waals surface area contributed by atoms with Crippen molar-refractivity contribution < 1.29 is 23.1 Å². The third-order valence-electron chi connectivity index (χ3n) is 3.55. The largest absolute Gasteiger partial charge is 0.386 e. The number of amides is 1. The molecule has 1 heterocycles. The highest BCUT2D eigenvalue weighted by Crippen LogP contribution is 2.23. The molecule has 2 aromatic rings. The number of nitrogens with zero attached hydrogens (tertiary/aromatic N) is 2. The van der Waals surface area contributed by atoms with Crippen molar-refractivity contribution in [3.63, 3.8) is 0 Å². The standard InChI is InChI=1S/C16H17F3N4O2/c17-5-12(23-16(25)15(18)19)14(24)10-3-1-9(2-4-10)11-7-21-13(6-20)22-8-11/h1-4,7-8,12,14-15,24H,5-6,20H2,(H,23,25)/t12?,14-/m1/s1. The number of aliphatic hydroxyl groups is 1. The van der Waals surface area contributed by atoms with Gasteiger partial charge in [0.1, 0.15) is 18.6 Å². The SMILES string of the molecule is NCc1ncc(-c2ccc([C@@H](O)C(CF)NC(=O)C(F)F)cc2)cn1. The van der Waals surface area contributed by atoms with E-state index in [1.165, 1.54) is 12.1 Å². The average molecular weight is 354 g/mol. The summed E-state index contributed by atoms with van der Waals surface area (Å²) in [5.41, 5.74) is 7.16. The second-order valence-electron chi connectivity index (χ2n) is 5.23. The van der Waals surface area contributed by atoms with Crippen molar-refractivity contribution in [3.8, 4) is 11.1 Å². The first-order valence-electron chi connectivity index (χ1n) is 7.40. The number of hydrogen-bond donors (Lipinski definition) is 3. The van der Waals surface area contributed by atoms with E-state index < -0.39 is 31.2 Å². The van der Waals surface area contributed by atoms with Gasteiger partial charge in [-0.05, 0) is 11.1 Å². The van der Waals surface area contributed by atoms with Crippen LogP contribution in [0.1, 0.15) is 17.5 Å². The van der Waals surface area contributed by atoms with Gasteiger partial charge in [0.25, 0.3) is 5.91 Å². The van der Waals surface area contributed by atoms with Crippen molar-refractivity contribution in [2.24, 2.45) is 5.73 Å². The maximum absolute atomic E-state index is 13.0. The summed E-state index contributed by atoms with van der Waals surface area (Å²) in [6, 6.07) is 4.84. The molecule has 2 rings (SSSR count). The fourth-order valence-electron chi connectivity index (χ4n) is 2.16. The number of rotatable bonds is 7. The van der Waals surface area contributed by atoms with Crippen LogP contribution in [0.15, 0.2) is 36.7 Å². The van der Waals surface area contributed by atoms with E-state index in [0.29, 0.717) is 11.4 Å². The zero-order valence-electron chi connectivity index (χ0n) is 13.1. The lowest BCUT2D eigenvalue weighted by Crippen LogP contribution is -2.43. The van der Waals surface area contributed by atoms with Crippen molar-refractivity contribution in [1.29, 1.82) is 0 Å². The predicted molar refractivity (Wildman–Crippen MR) is 84.2 cm³/mol. The molecule has 2 atom stereocenters. The van der Waals surface area contributed by atoms with E-state index in [9.17, 15) is 23.1 Å². The Bertz CT molecular complexity index is 696. The second-order valence-corrected chi connectivity index (χ2v) is 5.23. The molecule has 1 amide bonds. The zero-order valence-corrected chi connectivity index (χ0v) is 13.1. The Morgan fingerprint density at radius 1 is 1.16 bits per heavy atom. The van der Waals surface area contributed by atoms with Crippen LogP contribution >= 0.6 is 0 Å². The van der Waals surface area contributed by atoms with Crippen LogP contribution in [-0.4, -0.2) is 40.1 Å². The summed E-state index contributed by atoms with van der Waals surface area (Å²) < 4.78 is 37.5. The minimum atomic E-state index is -3.28. The molecule has 1 unspecified atom stereocenters. The molecular weight excluding hydrogens is 337 g/mol. The lowest BCUT2D eigenvalue weighted by atomic mass is 10.00. The van der Waals surface area contributed by atoms with Crippen LogP contribution in [0.4, 0.5) is 13.2 Å². The molecule has 0 aliphatic rings. The highest BCUT2D eigenvalue weighted by Gasteiger charge is 2.26. The fraction of sp³-hybridized carbons (Fsp3) is 0.312. The molecule has 0 spiro atoms. The maximum atomic E-state index is 13.0. The van der Waals surface area contributed by atoms with Crippen LogP contribution in [0, 0.1) is 0 Å². The van der Waals surface area contributed by atoms with Gasteiger partial charge in [-0.15, -0.1) is 0 Å². The first kappa shape index (κ1) is 18.8. The van der Waals surface area contributed by atoms with Crippen LogP contribution in [0.3, 0.4) is 0 Å². The number of aliphatic hydroxyl groups excluding tert-OH is 1. The third-order valence-corrected chi connectivity index (χ3v) is 3.55. The number of aromatic nitrogens is 2. The molecule has 4 N–H and O–H groups in total. The Morgan fingerprint density at radius 2 is 1.76 bits per heavy atom. The molecule has 0 radical (unpaired) electrons. The minimum absolute atomic E-state index is 0.223. The molecule has 1 aromatic carbocycles. The van der Waals surface area contributed by atoms with Gasteiger partial charge in [-0.3, -0.25) is 4.79 Å². The molecule has 25 heavy (non-hydrogen) atoms. The topological polar surface area (TPSA) is 101 Å². The van der Waals surface area contributed by atoms with E-state index >= 15 is 0 Å². The van der Waals surface area contributed by atoms with E-state index in [1.54, 1.807) is 29.8 Å². The van der Waals surface area contributed by atoms with Crippen molar-refractivity contribution in [2.75, 3.05) is 6.67 Å². The van der Waals surface area contributed by atoms with E-state index in [2.05, 4.69) is 9.97 Å². The monoisotopic (exact) mass is 354 g/mol. The average Bonchev–Trinajstić information content (AvgIpc) is 2.65. The number of nitrogens with two attached hydrogens (primary N) is 1. The minimum Gasteiger partial charge on any atom is -0.386 e. The first-order chi connectivity index (χ1) is 12.0. The van der Waals surface area contributed by atoms with Crippen molar-refractivity contribution in [2.45, 2.75) is 25.1 Å². The predicted octanol–water partition coefficient (Wildman–Crippen LogP) is 1.36. The Balaban J connectivity index is 2.12. The molecule has 9 heteroatoms. The van der Waals surface area contributed by atoms with Gasteiger partial charge in [0.15, 0.2) is 0 Å². The van der Waals surface area contributed by atoms with Crippen LogP contribution in [-0.2, 0) is 11.3 Å². The van der Waals surface area contributed by atoms with Gasteiger partial charge in [0.2, 0.25) is 0 Å². The lowest BCUT2D eigenvalue weighted by molar-refractivity contribution is -0.133. The molecule has 1 aromatic heterocycles. The smallest absolute Gasteiger partial charge is 0.315 e. The van der Waals surface area contributed by atoms with Gasteiger partial charge < -0.3 is 16.2 Å². The van der Waals surface area contributed by atoms with E-state index in [-0.39, 0.29) is 12.1 Å². The number of hydrogen-bond acceptors (Lipinski definition) is 5. The molecule has 0 saturated carbocycles. The number of alkyl halides is 3. The number of benzene rings is 1. The summed E-state index contributed by atoms with van der Waals surface area (Å²) in [5, 5.41) is 11.9. The summed E-state index contributed by atoms with van der Waals surface area (Å²) in [4.78, 5) is 19.1. The number of carbonyl (C=O) groups excluding carboxylic acids is 1. The molecule has 0 aliphatic heterocycles. The Morgan fingerprint density at radius 3 is 2.24 bits per heavy atom. The summed E-state index contributed by atoms with van der Waals surface area (Å²) >= 11 is 0. The Kier molecular flexibility index (Phi) is 6.43. The van der Waals surface area contributed by atoms with Crippen molar-refractivity contribution in [3.05, 3.63) is 48.0 Å².